The summed E-state index contributed by atoms with van der Waals surface area (Å²) < 4.78 is 0. The van der Waals surface area contributed by atoms with E-state index in [0.29, 0.717) is 0 Å². The fourth-order valence-corrected chi connectivity index (χ4v) is 17.9. The van der Waals surface area contributed by atoms with Crippen molar-refractivity contribution in [1.29, 1.82) is 0 Å². The van der Waals surface area contributed by atoms with Gasteiger partial charge in [0.1, 0.15) is 0 Å². The van der Waals surface area contributed by atoms with E-state index in [9.17, 15) is 0 Å². The molecule has 0 aliphatic carbocycles. The fourth-order valence-electron chi connectivity index (χ4n) is 8.71. The summed E-state index contributed by atoms with van der Waals surface area (Å²) in [5.41, 5.74) is 0. The van der Waals surface area contributed by atoms with Crippen LogP contribution < -0.4 is 63.7 Å². The van der Waals surface area contributed by atoms with Gasteiger partial charge in [-0.3, -0.25) is 0 Å². The molecule has 386 valence electrons. The Morgan fingerprint density at radius 1 is 0.128 bits per heavy atom. The van der Waals surface area contributed by atoms with Crippen molar-refractivity contribution in [3.8, 4) is 0 Å². The first-order chi connectivity index (χ1) is 38.8. The Bertz CT molecular complexity index is 2580. The average molecular weight is 1240 g/mol. The third-order valence-corrected chi connectivity index (χ3v) is 21.9. The molecule has 0 radical (unpaired) electrons. The quantitative estimate of drug-likeness (QED) is 0.0650. The van der Waals surface area contributed by atoms with Crippen LogP contribution in [-0.4, -0.2) is 0 Å². The first-order valence-electron chi connectivity index (χ1n) is 25.7. The second-order valence-corrected chi connectivity index (χ2v) is 26.2. The standard InChI is InChI=1S/4C18H15P.Cu.HI/c4*1-4-10-16(11-5-1)19(17-12-6-2-7-13-17)18-14-8-3-9-15-18;;/h4*1-15H;;1H/q;;;;+1;/p-1. The van der Waals surface area contributed by atoms with E-state index in [1.807, 2.05) is 0 Å². The first-order valence-corrected chi connectivity index (χ1v) is 34.1. The number of benzene rings is 12. The second-order valence-electron chi connectivity index (χ2n) is 17.4. The minimum absolute atomic E-state index is 0.446. The molecule has 0 saturated carbocycles. The molecule has 0 aliphatic rings. The van der Waals surface area contributed by atoms with Gasteiger partial charge in [0, 0.05) is 0 Å². The van der Waals surface area contributed by atoms with Gasteiger partial charge in [0.05, 0.1) is 0 Å². The maximum Gasteiger partial charge on any atom is -0.0134 e. The van der Waals surface area contributed by atoms with Crippen molar-refractivity contribution in [2.24, 2.45) is 0 Å². The number of hydrogen-bond donors (Lipinski definition) is 0. The minimum Gasteiger partial charge on any atom is -0.0622 e. The Labute approximate surface area is 488 Å². The van der Waals surface area contributed by atoms with Crippen LogP contribution in [0.5, 0.6) is 0 Å². The van der Waals surface area contributed by atoms with E-state index in [0.717, 1.165) is 0 Å². The van der Waals surface area contributed by atoms with Crippen LogP contribution in [0.25, 0.3) is 0 Å². The summed E-state index contributed by atoms with van der Waals surface area (Å²) in [6, 6.07) is 129. The van der Waals surface area contributed by atoms with Crippen LogP contribution in [0.1, 0.15) is 0 Å². The summed E-state index contributed by atoms with van der Waals surface area (Å²) >= 11 is 5.87. The van der Waals surface area contributed by atoms with E-state index in [4.69, 9.17) is 0 Å². The maximum atomic E-state index is 4.16. The van der Waals surface area contributed by atoms with Gasteiger partial charge < -0.3 is 0 Å². The maximum absolute atomic E-state index is 4.16. The summed E-state index contributed by atoms with van der Waals surface area (Å²) in [6.07, 6.45) is 0. The summed E-state index contributed by atoms with van der Waals surface area (Å²) in [5.74, 6) is 0. The largest absolute Gasteiger partial charge is 0.0622 e. The van der Waals surface area contributed by atoms with E-state index in [-0.39, 0.29) is 0 Å². The molecule has 6 heteroatoms. The molecule has 0 bridgehead atoms. The van der Waals surface area contributed by atoms with Crippen molar-refractivity contribution < 1.29 is 12.8 Å². The molecule has 12 aromatic carbocycles. The van der Waals surface area contributed by atoms with Gasteiger partial charge in [0.25, 0.3) is 0 Å². The van der Waals surface area contributed by atoms with Gasteiger partial charge in [0.2, 0.25) is 0 Å². The molecule has 0 N–H and O–H groups in total. The van der Waals surface area contributed by atoms with Gasteiger partial charge in [-0.25, -0.2) is 0 Å². The summed E-state index contributed by atoms with van der Waals surface area (Å²) in [4.78, 5) is 0. The zero-order valence-electron chi connectivity index (χ0n) is 43.1. The van der Waals surface area contributed by atoms with Crippen molar-refractivity contribution >= 4 is 116 Å². The second kappa shape index (κ2) is 33.1. The van der Waals surface area contributed by atoms with E-state index >= 15 is 0 Å². The van der Waals surface area contributed by atoms with E-state index in [1.165, 1.54) is 63.7 Å². The molecule has 0 aliphatic heterocycles. The predicted molar refractivity (Wildman–Crippen MR) is 355 cm³/mol. The summed E-state index contributed by atoms with van der Waals surface area (Å²) in [6.45, 7) is 0. The Hall–Kier alpha value is -6.39. The minimum atomic E-state index is -0.446. The molecule has 0 nitrogen and oxygen atoms in total. The smallest absolute Gasteiger partial charge is 0.0134 e. The number of hydrogen-bond acceptors (Lipinski definition) is 0. The molecule has 12 aromatic rings. The molecule has 12 rings (SSSR count). The Balaban J connectivity index is 0.000000136. The van der Waals surface area contributed by atoms with Gasteiger partial charge in [-0.2, -0.15) is 0 Å². The van der Waals surface area contributed by atoms with Crippen LogP contribution in [0, 0.1) is 0 Å². The Morgan fingerprint density at radius 3 is 0.256 bits per heavy atom. The van der Waals surface area contributed by atoms with Crippen LogP contribution in [-0.2, 0) is 12.8 Å². The molecule has 0 heterocycles. The molecule has 0 unspecified atom stereocenters. The van der Waals surface area contributed by atoms with Crippen molar-refractivity contribution in [2.75, 3.05) is 0 Å². The van der Waals surface area contributed by atoms with Gasteiger partial charge in [-0.05, 0) is 95.3 Å². The molecule has 78 heavy (non-hydrogen) atoms. The topological polar surface area (TPSA) is 0 Å². The first kappa shape index (κ1) is 57.8. The van der Waals surface area contributed by atoms with Gasteiger partial charge in [0.15, 0.2) is 0 Å². The normalized spacial score (nSPS) is 10.4. The SMILES string of the molecule is [Cu][I].c1ccc(P(c2ccccc2)c2ccccc2)cc1.c1ccc(P(c2ccccc2)c2ccccc2)cc1.c1ccc(P(c2ccccc2)c2ccccc2)cc1.c1ccc(P(c2ccccc2)c2ccccc2)cc1. The summed E-state index contributed by atoms with van der Waals surface area (Å²) in [5, 5.41) is 16.8. The Morgan fingerprint density at radius 2 is 0.192 bits per heavy atom. The number of halogens is 1. The fraction of sp³-hybridized carbons (Fsp3) is 0. The zero-order chi connectivity index (χ0) is 53.7. The van der Waals surface area contributed by atoms with Crippen LogP contribution in [0.15, 0.2) is 364 Å². The molecule has 0 amide bonds. The molecule has 0 spiro atoms. The monoisotopic (exact) mass is 1240 g/mol. The molecule has 0 aromatic heterocycles. The van der Waals surface area contributed by atoms with Crippen LogP contribution in [0.4, 0.5) is 0 Å². The molecule has 0 atom stereocenters. The molecular weight excluding hydrogens is 1180 g/mol. The van der Waals surface area contributed by atoms with E-state index in [2.05, 4.69) is 377 Å². The Kier molecular flexibility index (Phi) is 24.5. The predicted octanol–water partition coefficient (Wildman–Crippen LogP) is 14.7. The van der Waals surface area contributed by atoms with E-state index in [1.54, 1.807) is 20.3 Å². The van der Waals surface area contributed by atoms with Crippen LogP contribution in [0.3, 0.4) is 0 Å². The van der Waals surface area contributed by atoms with Gasteiger partial charge in [-0.15, -0.1) is 0 Å². The van der Waals surface area contributed by atoms with Gasteiger partial charge in [-0.1, -0.05) is 364 Å². The average Bonchev–Trinajstić information content (AvgIpc) is 3.55. The van der Waals surface area contributed by atoms with Gasteiger partial charge >= 0.3 is 33.1 Å². The van der Waals surface area contributed by atoms with Crippen molar-refractivity contribution in [2.45, 2.75) is 0 Å². The number of rotatable bonds is 12. The van der Waals surface area contributed by atoms with Crippen molar-refractivity contribution in [3.63, 3.8) is 0 Å². The summed E-state index contributed by atoms with van der Waals surface area (Å²) in [7, 11) is -1.78. The third-order valence-electron chi connectivity index (χ3n) is 12.2. The molecule has 0 fully saturated rings. The van der Waals surface area contributed by atoms with E-state index < -0.39 is 31.7 Å². The zero-order valence-corrected chi connectivity index (χ0v) is 49.8. The van der Waals surface area contributed by atoms with Crippen LogP contribution >= 0.6 is 52.0 Å². The third kappa shape index (κ3) is 17.3. The molecular formula is C72H60CuIP4. The van der Waals surface area contributed by atoms with Crippen molar-refractivity contribution in [3.05, 3.63) is 364 Å². The van der Waals surface area contributed by atoms with Crippen LogP contribution in [0.2, 0.25) is 0 Å². The van der Waals surface area contributed by atoms with Crippen molar-refractivity contribution in [1.82, 2.24) is 0 Å². The molecule has 0 saturated heterocycles.